The lowest BCUT2D eigenvalue weighted by molar-refractivity contribution is -0.384. The first-order valence-corrected chi connectivity index (χ1v) is 6.35. The average molecular weight is 292 g/mol. The Labute approximate surface area is 121 Å². The zero-order valence-electron chi connectivity index (χ0n) is 12.0. The van der Waals surface area contributed by atoms with Gasteiger partial charge in [-0.25, -0.2) is 4.79 Å². The van der Waals surface area contributed by atoms with Crippen molar-refractivity contribution in [1.82, 2.24) is 10.2 Å². The molecule has 2 N–H and O–H groups in total. The van der Waals surface area contributed by atoms with E-state index in [0.29, 0.717) is 11.3 Å². The van der Waals surface area contributed by atoms with Crippen molar-refractivity contribution in [3.05, 3.63) is 33.9 Å². The molecule has 0 aromatic heterocycles. The lowest BCUT2D eigenvalue weighted by Crippen LogP contribution is -2.40. The Hall–Kier alpha value is -2.64. The summed E-state index contributed by atoms with van der Waals surface area (Å²) in [5.74, 6) is -0.354. The van der Waals surface area contributed by atoms with Crippen molar-refractivity contribution in [2.24, 2.45) is 0 Å². The van der Waals surface area contributed by atoms with Crippen molar-refractivity contribution in [1.29, 1.82) is 0 Å². The molecule has 0 aliphatic carbocycles. The van der Waals surface area contributed by atoms with Crippen LogP contribution < -0.4 is 10.6 Å². The van der Waals surface area contributed by atoms with Crippen LogP contribution in [0.3, 0.4) is 0 Å². The Balaban J connectivity index is 2.29. The van der Waals surface area contributed by atoms with Crippen LogP contribution in [0.15, 0.2) is 18.2 Å². The molecule has 2 rings (SSSR count). The summed E-state index contributed by atoms with van der Waals surface area (Å²) in [4.78, 5) is 35.4. The number of hydrogen-bond acceptors (Lipinski definition) is 5. The minimum atomic E-state index is -0.950. The lowest BCUT2D eigenvalue weighted by Gasteiger charge is -2.16. The van der Waals surface area contributed by atoms with Gasteiger partial charge in [-0.3, -0.25) is 19.8 Å². The standard InChI is InChI=1S/C13H16N4O4/c1-13(2)11(18)16(12(19)15-13)7-8-4-5-9(14-3)10(6-8)17(20)21/h4-6,14H,7H2,1-3H3,(H,15,19). The second kappa shape index (κ2) is 5.04. The van der Waals surface area contributed by atoms with Gasteiger partial charge in [-0.15, -0.1) is 0 Å². The largest absolute Gasteiger partial charge is 0.383 e. The molecule has 1 aliphatic heterocycles. The van der Waals surface area contributed by atoms with Crippen molar-refractivity contribution < 1.29 is 14.5 Å². The van der Waals surface area contributed by atoms with Gasteiger partial charge in [0.25, 0.3) is 11.6 Å². The summed E-state index contributed by atoms with van der Waals surface area (Å²) in [5, 5.41) is 16.3. The van der Waals surface area contributed by atoms with E-state index in [1.54, 1.807) is 33.0 Å². The summed E-state index contributed by atoms with van der Waals surface area (Å²) in [6.07, 6.45) is 0. The molecule has 3 amide bonds. The maximum Gasteiger partial charge on any atom is 0.325 e. The molecule has 0 bridgehead atoms. The molecule has 21 heavy (non-hydrogen) atoms. The number of carbonyl (C=O) groups is 2. The Bertz CT molecular complexity index is 627. The molecule has 1 heterocycles. The van der Waals surface area contributed by atoms with Gasteiger partial charge in [0.1, 0.15) is 11.2 Å². The monoisotopic (exact) mass is 292 g/mol. The topological polar surface area (TPSA) is 105 Å². The molecule has 0 unspecified atom stereocenters. The van der Waals surface area contributed by atoms with Crippen LogP contribution in [0.2, 0.25) is 0 Å². The van der Waals surface area contributed by atoms with Crippen LogP contribution in [0.5, 0.6) is 0 Å². The van der Waals surface area contributed by atoms with Gasteiger partial charge < -0.3 is 10.6 Å². The van der Waals surface area contributed by atoms with E-state index >= 15 is 0 Å². The Kier molecular flexibility index (Phi) is 3.54. The van der Waals surface area contributed by atoms with E-state index in [1.807, 2.05) is 0 Å². The summed E-state index contributed by atoms with van der Waals surface area (Å²) < 4.78 is 0. The number of imide groups is 1. The first-order valence-electron chi connectivity index (χ1n) is 6.35. The van der Waals surface area contributed by atoms with Crippen LogP contribution in [0.4, 0.5) is 16.2 Å². The number of nitro groups is 1. The first-order chi connectivity index (χ1) is 9.76. The van der Waals surface area contributed by atoms with Gasteiger partial charge in [0.2, 0.25) is 0 Å². The summed E-state index contributed by atoms with van der Waals surface area (Å²) in [7, 11) is 1.59. The van der Waals surface area contributed by atoms with Crippen LogP contribution >= 0.6 is 0 Å². The predicted octanol–water partition coefficient (Wildman–Crippen LogP) is 1.47. The molecule has 8 nitrogen and oxygen atoms in total. The number of benzene rings is 1. The molecule has 112 valence electrons. The number of amides is 3. The van der Waals surface area contributed by atoms with Crippen LogP contribution in [-0.2, 0) is 11.3 Å². The number of nitrogens with zero attached hydrogens (tertiary/aromatic N) is 2. The fourth-order valence-corrected chi connectivity index (χ4v) is 2.18. The van der Waals surface area contributed by atoms with E-state index in [9.17, 15) is 19.7 Å². The fraction of sp³-hybridized carbons (Fsp3) is 0.385. The third-order valence-electron chi connectivity index (χ3n) is 3.31. The number of hydrogen-bond donors (Lipinski definition) is 2. The molecule has 8 heteroatoms. The summed E-state index contributed by atoms with van der Waals surface area (Å²) in [5.41, 5.74) is -0.155. The van der Waals surface area contributed by atoms with Gasteiger partial charge in [0.15, 0.2) is 0 Å². The van der Waals surface area contributed by atoms with Crippen molar-refractivity contribution >= 4 is 23.3 Å². The molecule has 1 aromatic carbocycles. The third-order valence-corrected chi connectivity index (χ3v) is 3.31. The number of urea groups is 1. The van der Waals surface area contributed by atoms with Gasteiger partial charge in [-0.05, 0) is 25.5 Å². The molecule has 0 radical (unpaired) electrons. The Morgan fingerprint density at radius 1 is 1.38 bits per heavy atom. The SMILES string of the molecule is CNc1ccc(CN2C(=O)NC(C)(C)C2=O)cc1[N+](=O)[O-]. The highest BCUT2D eigenvalue weighted by Crippen LogP contribution is 2.27. The van der Waals surface area contributed by atoms with E-state index in [0.717, 1.165) is 4.90 Å². The molecule has 1 aromatic rings. The van der Waals surface area contributed by atoms with E-state index in [-0.39, 0.29) is 18.1 Å². The van der Waals surface area contributed by atoms with Gasteiger partial charge in [-0.1, -0.05) is 6.07 Å². The van der Waals surface area contributed by atoms with Gasteiger partial charge >= 0.3 is 6.03 Å². The molecule has 1 aliphatic rings. The second-order valence-electron chi connectivity index (χ2n) is 5.31. The second-order valence-corrected chi connectivity index (χ2v) is 5.31. The van der Waals surface area contributed by atoms with E-state index in [1.165, 1.54) is 6.07 Å². The number of nitro benzene ring substituents is 1. The molecule has 0 saturated carbocycles. The minimum absolute atomic E-state index is 0.00106. The Morgan fingerprint density at radius 2 is 2.05 bits per heavy atom. The van der Waals surface area contributed by atoms with Crippen molar-refractivity contribution in [2.45, 2.75) is 25.9 Å². The van der Waals surface area contributed by atoms with Gasteiger partial charge in [0, 0.05) is 13.1 Å². The fourth-order valence-electron chi connectivity index (χ4n) is 2.18. The molecule has 1 fully saturated rings. The maximum absolute atomic E-state index is 12.1. The van der Waals surface area contributed by atoms with Gasteiger partial charge in [0.05, 0.1) is 11.5 Å². The Morgan fingerprint density at radius 3 is 2.52 bits per heavy atom. The average Bonchev–Trinajstić information content (AvgIpc) is 2.60. The zero-order chi connectivity index (χ0) is 15.8. The van der Waals surface area contributed by atoms with Gasteiger partial charge in [-0.2, -0.15) is 0 Å². The number of anilines is 1. The molecule has 1 saturated heterocycles. The number of rotatable bonds is 4. The van der Waals surface area contributed by atoms with E-state index in [2.05, 4.69) is 10.6 Å². The van der Waals surface area contributed by atoms with Crippen molar-refractivity contribution in [3.8, 4) is 0 Å². The highest BCUT2D eigenvalue weighted by atomic mass is 16.6. The van der Waals surface area contributed by atoms with E-state index < -0.39 is 16.5 Å². The van der Waals surface area contributed by atoms with Crippen LogP contribution in [0.1, 0.15) is 19.4 Å². The highest BCUT2D eigenvalue weighted by molar-refractivity contribution is 6.06. The number of carbonyl (C=O) groups excluding carboxylic acids is 2. The van der Waals surface area contributed by atoms with Crippen LogP contribution in [0, 0.1) is 10.1 Å². The summed E-state index contributed by atoms with van der Waals surface area (Å²) in [6, 6.07) is 4.06. The van der Waals surface area contributed by atoms with Crippen LogP contribution in [-0.4, -0.2) is 34.3 Å². The third kappa shape index (κ3) is 2.64. The molecular weight excluding hydrogens is 276 g/mol. The van der Waals surface area contributed by atoms with Crippen molar-refractivity contribution in [3.63, 3.8) is 0 Å². The van der Waals surface area contributed by atoms with Crippen molar-refractivity contribution in [2.75, 3.05) is 12.4 Å². The van der Waals surface area contributed by atoms with E-state index in [4.69, 9.17) is 0 Å². The number of nitrogens with one attached hydrogen (secondary N) is 2. The molecule has 0 atom stereocenters. The summed E-state index contributed by atoms with van der Waals surface area (Å²) >= 11 is 0. The lowest BCUT2D eigenvalue weighted by atomic mass is 10.1. The maximum atomic E-state index is 12.1. The highest BCUT2D eigenvalue weighted by Gasteiger charge is 2.44. The van der Waals surface area contributed by atoms with Crippen LogP contribution in [0.25, 0.3) is 0 Å². The minimum Gasteiger partial charge on any atom is -0.383 e. The molecule has 0 spiro atoms. The first kappa shape index (κ1) is 14.8. The quantitative estimate of drug-likeness (QED) is 0.496. The smallest absolute Gasteiger partial charge is 0.325 e. The molecular formula is C13H16N4O4. The predicted molar refractivity (Wildman–Crippen MR) is 75.8 cm³/mol. The zero-order valence-corrected chi connectivity index (χ0v) is 12.0. The summed E-state index contributed by atoms with van der Waals surface area (Å²) in [6.45, 7) is 3.22. The normalized spacial score (nSPS) is 16.8.